The van der Waals surface area contributed by atoms with Gasteiger partial charge in [-0.05, 0) is 67.6 Å². The minimum Gasteiger partial charge on any atom is -0.308 e. The van der Waals surface area contributed by atoms with Gasteiger partial charge in [0.15, 0.2) is 0 Å². The summed E-state index contributed by atoms with van der Waals surface area (Å²) in [6, 6.07) is 6.30. The number of rotatable bonds is 4. The lowest BCUT2D eigenvalue weighted by molar-refractivity contribution is -0.125. The molecule has 2 fully saturated rings. The van der Waals surface area contributed by atoms with Gasteiger partial charge in [-0.1, -0.05) is 27.2 Å². The summed E-state index contributed by atoms with van der Waals surface area (Å²) in [7, 11) is 0. The van der Waals surface area contributed by atoms with Crippen molar-refractivity contribution >= 4 is 23.4 Å². The Kier molecular flexibility index (Phi) is 4.88. The number of carbonyl (C=O) groups excluding carboxylic acids is 1. The summed E-state index contributed by atoms with van der Waals surface area (Å²) < 4.78 is 13.4. The Hall–Kier alpha value is -1.33. The maximum absolute atomic E-state index is 13.4. The van der Waals surface area contributed by atoms with Crippen LogP contribution in [0.3, 0.4) is 0 Å². The van der Waals surface area contributed by atoms with Crippen molar-refractivity contribution < 1.29 is 9.18 Å². The molecule has 27 heavy (non-hydrogen) atoms. The highest BCUT2D eigenvalue weighted by atomic mass is 32.2. The maximum Gasteiger partial charge on any atom is 0.232 e. The summed E-state index contributed by atoms with van der Waals surface area (Å²) >= 11 is 1.96. The Morgan fingerprint density at radius 1 is 1.22 bits per heavy atom. The molecule has 5 heteroatoms. The molecule has 0 bridgehead atoms. The van der Waals surface area contributed by atoms with Gasteiger partial charge in [0.05, 0.1) is 4.87 Å². The molecule has 2 heterocycles. The number of nitrogens with zero attached hydrogens (tertiary/aromatic N) is 2. The van der Waals surface area contributed by atoms with Crippen molar-refractivity contribution in [2.75, 3.05) is 24.5 Å². The molecule has 2 unspecified atom stereocenters. The second kappa shape index (κ2) is 6.93. The van der Waals surface area contributed by atoms with Gasteiger partial charge in [0.25, 0.3) is 0 Å². The number of anilines is 1. The molecule has 1 aromatic rings. The molecular formula is C22H29FN2OS. The topological polar surface area (TPSA) is 23.6 Å². The number of halogens is 1. The average molecular weight is 389 g/mol. The Labute approximate surface area is 166 Å². The molecule has 0 radical (unpaired) electrons. The van der Waals surface area contributed by atoms with E-state index < -0.39 is 5.41 Å². The van der Waals surface area contributed by atoms with Crippen molar-refractivity contribution in [1.29, 1.82) is 0 Å². The van der Waals surface area contributed by atoms with Crippen LogP contribution in [0.25, 0.3) is 0 Å². The van der Waals surface area contributed by atoms with Crippen LogP contribution >= 0.6 is 11.8 Å². The third-order valence-electron chi connectivity index (χ3n) is 6.00. The number of thioether (sulfide) groups is 1. The predicted molar refractivity (Wildman–Crippen MR) is 110 cm³/mol. The second-order valence-corrected chi connectivity index (χ2v) is 10.3. The molecule has 0 spiro atoms. The van der Waals surface area contributed by atoms with Crippen molar-refractivity contribution in [3.05, 3.63) is 41.1 Å². The lowest BCUT2D eigenvalue weighted by atomic mass is 9.94. The van der Waals surface area contributed by atoms with Gasteiger partial charge in [0, 0.05) is 23.6 Å². The van der Waals surface area contributed by atoms with Crippen LogP contribution in [-0.2, 0) is 4.79 Å². The highest BCUT2D eigenvalue weighted by Crippen LogP contribution is 2.65. The van der Waals surface area contributed by atoms with E-state index in [1.165, 1.54) is 56.5 Å². The van der Waals surface area contributed by atoms with Crippen LogP contribution in [0, 0.1) is 17.2 Å². The largest absolute Gasteiger partial charge is 0.308 e. The highest BCUT2D eigenvalue weighted by Gasteiger charge is 2.62. The molecule has 1 aliphatic carbocycles. The molecule has 0 N–H and O–H groups in total. The quantitative estimate of drug-likeness (QED) is 0.722. The number of benzene rings is 1. The molecule has 3 aliphatic rings. The fourth-order valence-corrected chi connectivity index (χ4v) is 5.88. The van der Waals surface area contributed by atoms with E-state index >= 15 is 0 Å². The molecular weight excluding hydrogens is 359 g/mol. The number of piperidine rings is 1. The van der Waals surface area contributed by atoms with Crippen molar-refractivity contribution in [2.45, 2.75) is 51.3 Å². The summed E-state index contributed by atoms with van der Waals surface area (Å²) in [4.78, 5) is 17.9. The molecule has 1 saturated heterocycles. The molecule has 0 aromatic heterocycles. The van der Waals surface area contributed by atoms with Crippen molar-refractivity contribution in [1.82, 2.24) is 4.90 Å². The van der Waals surface area contributed by atoms with E-state index in [1.54, 1.807) is 12.1 Å². The maximum atomic E-state index is 13.4. The second-order valence-electron chi connectivity index (χ2n) is 9.08. The standard InChI is InChI=1S/C22H29FN2OS/c1-21(2,3)20(26)25(18-9-7-17(23)8-10-18)14-16-15-27-22(13-19(16)22)24-11-5-4-6-12-24/h7-10,15,19H,4-6,11-14H2,1-3H3. The molecule has 4 rings (SSSR count). The van der Waals surface area contributed by atoms with Gasteiger partial charge in [-0.2, -0.15) is 0 Å². The first kappa shape index (κ1) is 19.0. The minimum absolute atomic E-state index is 0.0798. The van der Waals surface area contributed by atoms with Crippen LogP contribution < -0.4 is 4.90 Å². The van der Waals surface area contributed by atoms with Gasteiger partial charge in [0.1, 0.15) is 5.82 Å². The molecule has 1 aromatic carbocycles. The molecule has 1 amide bonds. The summed E-state index contributed by atoms with van der Waals surface area (Å²) in [6.45, 7) is 8.84. The van der Waals surface area contributed by atoms with Crippen LogP contribution in [-0.4, -0.2) is 35.3 Å². The Balaban J connectivity index is 1.53. The fourth-order valence-electron chi connectivity index (χ4n) is 4.38. The van der Waals surface area contributed by atoms with Crippen LogP contribution in [0.5, 0.6) is 0 Å². The molecule has 2 atom stereocenters. The molecule has 1 saturated carbocycles. The number of carbonyl (C=O) groups is 1. The number of hydrogen-bond acceptors (Lipinski definition) is 3. The van der Waals surface area contributed by atoms with Gasteiger partial charge in [-0.15, -0.1) is 11.8 Å². The zero-order chi connectivity index (χ0) is 19.2. The van der Waals surface area contributed by atoms with E-state index in [9.17, 15) is 9.18 Å². The first-order valence-electron chi connectivity index (χ1n) is 10.0. The molecule has 2 aliphatic heterocycles. The third kappa shape index (κ3) is 3.56. The van der Waals surface area contributed by atoms with Crippen LogP contribution in [0.4, 0.5) is 10.1 Å². The Morgan fingerprint density at radius 2 is 1.89 bits per heavy atom. The normalized spacial score (nSPS) is 27.9. The van der Waals surface area contributed by atoms with Crippen LogP contribution in [0.1, 0.15) is 46.5 Å². The van der Waals surface area contributed by atoms with Crippen molar-refractivity contribution in [3.63, 3.8) is 0 Å². The van der Waals surface area contributed by atoms with Crippen molar-refractivity contribution in [3.8, 4) is 0 Å². The summed E-state index contributed by atoms with van der Waals surface area (Å²) in [5.41, 5.74) is 1.65. The van der Waals surface area contributed by atoms with E-state index in [0.717, 1.165) is 5.69 Å². The van der Waals surface area contributed by atoms with Gasteiger partial charge in [-0.3, -0.25) is 9.69 Å². The van der Waals surface area contributed by atoms with E-state index in [-0.39, 0.29) is 16.6 Å². The number of fused-ring (bicyclic) bond motifs is 1. The van der Waals surface area contributed by atoms with E-state index in [1.807, 2.05) is 37.4 Å². The lowest BCUT2D eigenvalue weighted by Gasteiger charge is -2.33. The molecule has 3 nitrogen and oxygen atoms in total. The fraction of sp³-hybridized carbons (Fsp3) is 0.591. The van der Waals surface area contributed by atoms with Gasteiger partial charge in [-0.25, -0.2) is 4.39 Å². The van der Waals surface area contributed by atoms with E-state index in [0.29, 0.717) is 12.5 Å². The summed E-state index contributed by atoms with van der Waals surface area (Å²) in [5.74, 6) is 0.358. The van der Waals surface area contributed by atoms with Crippen LogP contribution in [0.15, 0.2) is 35.2 Å². The highest BCUT2D eigenvalue weighted by molar-refractivity contribution is 8.04. The average Bonchev–Trinajstić information content (AvgIpc) is 3.29. The zero-order valence-corrected chi connectivity index (χ0v) is 17.3. The smallest absolute Gasteiger partial charge is 0.232 e. The Morgan fingerprint density at radius 3 is 2.48 bits per heavy atom. The lowest BCUT2D eigenvalue weighted by Crippen LogP contribution is -2.42. The van der Waals surface area contributed by atoms with Gasteiger partial charge >= 0.3 is 0 Å². The first-order chi connectivity index (χ1) is 12.8. The number of likely N-dealkylation sites (tertiary alicyclic amines) is 1. The SMILES string of the molecule is CC(C)(C)C(=O)N(CC1=CSC2(N3CCCCC3)CC12)c1ccc(F)cc1. The van der Waals surface area contributed by atoms with E-state index in [2.05, 4.69) is 10.3 Å². The zero-order valence-electron chi connectivity index (χ0n) is 16.5. The first-order valence-corrected chi connectivity index (χ1v) is 10.9. The Bertz CT molecular complexity index is 749. The minimum atomic E-state index is -0.478. The number of hydrogen-bond donors (Lipinski definition) is 0. The van der Waals surface area contributed by atoms with E-state index in [4.69, 9.17) is 0 Å². The third-order valence-corrected chi connectivity index (χ3v) is 7.54. The predicted octanol–water partition coefficient (Wildman–Crippen LogP) is 5.04. The summed E-state index contributed by atoms with van der Waals surface area (Å²) in [6.07, 6.45) is 5.15. The number of amides is 1. The molecule has 146 valence electrons. The van der Waals surface area contributed by atoms with Gasteiger partial charge < -0.3 is 4.90 Å². The monoisotopic (exact) mass is 388 g/mol. The van der Waals surface area contributed by atoms with Crippen LogP contribution in [0.2, 0.25) is 0 Å². The summed E-state index contributed by atoms with van der Waals surface area (Å²) in [5, 5.41) is 2.29. The van der Waals surface area contributed by atoms with Gasteiger partial charge in [0.2, 0.25) is 5.91 Å². The van der Waals surface area contributed by atoms with Crippen molar-refractivity contribution in [2.24, 2.45) is 11.3 Å².